The summed E-state index contributed by atoms with van der Waals surface area (Å²) in [5.41, 5.74) is 1.72. The second-order valence-electron chi connectivity index (χ2n) is 6.05. The highest BCUT2D eigenvalue weighted by Gasteiger charge is 2.31. The summed E-state index contributed by atoms with van der Waals surface area (Å²) in [4.78, 5) is 30.4. The van der Waals surface area contributed by atoms with E-state index in [0.29, 0.717) is 33.8 Å². The molecule has 0 saturated carbocycles. The minimum Gasteiger partial charge on any atom is -0.463 e. The van der Waals surface area contributed by atoms with Crippen LogP contribution in [0.3, 0.4) is 0 Å². The molecule has 1 aliphatic heterocycles. The monoisotopic (exact) mass is 449 g/mol. The fourth-order valence-corrected chi connectivity index (χ4v) is 4.43. The molecule has 2 N–H and O–H groups in total. The van der Waals surface area contributed by atoms with E-state index in [1.165, 1.54) is 23.1 Å². The van der Waals surface area contributed by atoms with Crippen LogP contribution in [0.4, 0.5) is 5.69 Å². The lowest BCUT2D eigenvalue weighted by atomic mass is 10.0. The Balaban J connectivity index is 1.72. The van der Waals surface area contributed by atoms with E-state index in [1.54, 1.807) is 31.2 Å². The molecule has 1 aliphatic rings. The van der Waals surface area contributed by atoms with Gasteiger partial charge in [0, 0.05) is 10.6 Å². The van der Waals surface area contributed by atoms with Crippen molar-refractivity contribution in [1.29, 1.82) is 0 Å². The van der Waals surface area contributed by atoms with Gasteiger partial charge in [0.2, 0.25) is 5.91 Å². The molecule has 1 amide bonds. The number of aliphatic imine (C=N–C) groups is 1. The molecule has 0 saturated heterocycles. The average molecular weight is 450 g/mol. The smallest absolute Gasteiger partial charge is 0.338 e. The fraction of sp³-hybridized carbons (Fsp3) is 0.250. The molecule has 6 nitrogen and oxygen atoms in total. The third-order valence-corrected chi connectivity index (χ3v) is 6.16. The van der Waals surface area contributed by atoms with Gasteiger partial charge in [-0.2, -0.15) is 0 Å². The number of esters is 1. The number of amides is 1. The minimum atomic E-state index is -0.454. The molecule has 0 radical (unpaired) electrons. The second-order valence-corrected chi connectivity index (χ2v) is 8.40. The second kappa shape index (κ2) is 9.96. The molecule has 1 atom stereocenters. The lowest BCUT2D eigenvalue weighted by Gasteiger charge is -2.24. The first-order valence-corrected chi connectivity index (χ1v) is 11.2. The van der Waals surface area contributed by atoms with Crippen molar-refractivity contribution >= 4 is 57.4 Å². The van der Waals surface area contributed by atoms with Crippen molar-refractivity contribution in [2.75, 3.05) is 17.7 Å². The zero-order valence-electron chi connectivity index (χ0n) is 15.9. The summed E-state index contributed by atoms with van der Waals surface area (Å²) >= 11 is 8.86. The Bertz CT molecular complexity index is 958. The molecule has 2 heterocycles. The van der Waals surface area contributed by atoms with Gasteiger partial charge < -0.3 is 15.4 Å². The van der Waals surface area contributed by atoms with Gasteiger partial charge in [0.1, 0.15) is 6.04 Å². The Kier molecular flexibility index (Phi) is 7.35. The lowest BCUT2D eigenvalue weighted by molar-refractivity contribution is -0.139. The number of thioether (sulfide) groups is 1. The summed E-state index contributed by atoms with van der Waals surface area (Å²) in [5, 5.41) is 8.90. The molecular weight excluding hydrogens is 430 g/mol. The molecule has 1 aromatic carbocycles. The molecule has 0 unspecified atom stereocenters. The Hall–Kier alpha value is -2.29. The van der Waals surface area contributed by atoms with Crippen LogP contribution in [0.2, 0.25) is 5.02 Å². The van der Waals surface area contributed by atoms with Crippen LogP contribution in [-0.4, -0.2) is 29.4 Å². The summed E-state index contributed by atoms with van der Waals surface area (Å²) in [5.74, 6) is -0.436. The van der Waals surface area contributed by atoms with Gasteiger partial charge >= 0.3 is 5.97 Å². The van der Waals surface area contributed by atoms with Gasteiger partial charge in [-0.15, -0.1) is 11.3 Å². The summed E-state index contributed by atoms with van der Waals surface area (Å²) in [7, 11) is 0. The molecule has 0 bridgehead atoms. The van der Waals surface area contributed by atoms with Crippen molar-refractivity contribution in [3.8, 4) is 0 Å². The predicted molar refractivity (Wildman–Crippen MR) is 120 cm³/mol. The van der Waals surface area contributed by atoms with Crippen molar-refractivity contribution in [3.63, 3.8) is 0 Å². The number of carbonyl (C=O) groups is 2. The summed E-state index contributed by atoms with van der Waals surface area (Å²) < 4.78 is 5.21. The fourth-order valence-electron chi connectivity index (χ4n) is 2.73. The number of rotatable bonds is 6. The average Bonchev–Trinajstić information content (AvgIpc) is 3.22. The maximum absolute atomic E-state index is 12.5. The first-order chi connectivity index (χ1) is 14.0. The molecule has 0 fully saturated rings. The Morgan fingerprint density at radius 3 is 2.79 bits per heavy atom. The molecule has 29 heavy (non-hydrogen) atoms. The predicted octanol–water partition coefficient (Wildman–Crippen LogP) is 4.61. The van der Waals surface area contributed by atoms with Gasteiger partial charge in [0.15, 0.2) is 5.17 Å². The molecule has 1 aromatic heterocycles. The standard InChI is InChI=1S/C20H20ClN3O3S2/c1-3-27-19(26)17-12(2)22-20(24-18(17)15-9-6-10-28-15)29-11-16(25)23-14-8-5-4-7-13(14)21/h4-10,18H,3,11H2,1-2H3,(H,22,24)(H,23,25)/t18-/m1/s1. The number of para-hydroxylation sites is 1. The zero-order valence-corrected chi connectivity index (χ0v) is 18.3. The number of halogens is 1. The van der Waals surface area contributed by atoms with Crippen LogP contribution in [0, 0.1) is 0 Å². The van der Waals surface area contributed by atoms with Crippen LogP contribution in [0.15, 0.2) is 58.0 Å². The van der Waals surface area contributed by atoms with Crippen molar-refractivity contribution < 1.29 is 14.3 Å². The Morgan fingerprint density at radius 2 is 2.10 bits per heavy atom. The van der Waals surface area contributed by atoms with Crippen LogP contribution >= 0.6 is 34.7 Å². The number of allylic oxidation sites excluding steroid dienone is 1. The maximum atomic E-state index is 12.5. The molecule has 3 rings (SSSR count). The number of hydrogen-bond donors (Lipinski definition) is 2. The summed E-state index contributed by atoms with van der Waals surface area (Å²) in [6.45, 7) is 3.87. The van der Waals surface area contributed by atoms with Gasteiger partial charge in [-0.25, -0.2) is 9.79 Å². The number of nitrogens with zero attached hydrogens (tertiary/aromatic N) is 1. The molecule has 0 spiro atoms. The number of benzene rings is 1. The molecule has 2 aromatic rings. The quantitative estimate of drug-likeness (QED) is 0.629. The van der Waals surface area contributed by atoms with Gasteiger partial charge in [-0.3, -0.25) is 4.79 Å². The van der Waals surface area contributed by atoms with E-state index in [0.717, 1.165) is 4.88 Å². The topological polar surface area (TPSA) is 79.8 Å². The first kappa shape index (κ1) is 21.4. The van der Waals surface area contributed by atoms with Crippen molar-refractivity contribution in [1.82, 2.24) is 5.32 Å². The van der Waals surface area contributed by atoms with Crippen molar-refractivity contribution in [3.05, 3.63) is 62.9 Å². The number of nitrogens with one attached hydrogen (secondary N) is 2. The van der Waals surface area contributed by atoms with Crippen LogP contribution in [0.1, 0.15) is 24.8 Å². The third kappa shape index (κ3) is 5.41. The number of hydrogen-bond acceptors (Lipinski definition) is 7. The lowest BCUT2D eigenvalue weighted by Crippen LogP contribution is -2.31. The van der Waals surface area contributed by atoms with Gasteiger partial charge in [0.25, 0.3) is 0 Å². The van der Waals surface area contributed by atoms with E-state index in [9.17, 15) is 9.59 Å². The molecular formula is C20H20ClN3O3S2. The molecule has 152 valence electrons. The Labute approximate surface area is 182 Å². The molecule has 0 aliphatic carbocycles. The highest BCUT2D eigenvalue weighted by molar-refractivity contribution is 8.14. The van der Waals surface area contributed by atoms with E-state index in [1.807, 2.05) is 24.4 Å². The SMILES string of the molecule is CCOC(=O)C1=C(C)NC(SCC(=O)Nc2ccccc2Cl)=N[C@@H]1c1cccs1. The van der Waals surface area contributed by atoms with Gasteiger partial charge in [-0.05, 0) is 37.4 Å². The highest BCUT2D eigenvalue weighted by atomic mass is 35.5. The Morgan fingerprint density at radius 1 is 1.31 bits per heavy atom. The van der Waals surface area contributed by atoms with E-state index in [-0.39, 0.29) is 17.6 Å². The highest BCUT2D eigenvalue weighted by Crippen LogP contribution is 2.35. The zero-order chi connectivity index (χ0) is 20.8. The van der Waals surface area contributed by atoms with E-state index in [4.69, 9.17) is 16.3 Å². The van der Waals surface area contributed by atoms with Crippen LogP contribution in [0.25, 0.3) is 0 Å². The van der Waals surface area contributed by atoms with Crippen molar-refractivity contribution in [2.24, 2.45) is 4.99 Å². The summed E-state index contributed by atoms with van der Waals surface area (Å²) in [6, 6.07) is 10.5. The van der Waals surface area contributed by atoms with Gasteiger partial charge in [0.05, 0.1) is 28.6 Å². The number of amidine groups is 1. The number of carbonyl (C=O) groups excluding carboxylic acids is 2. The van der Waals surface area contributed by atoms with Crippen LogP contribution in [-0.2, 0) is 14.3 Å². The summed E-state index contributed by atoms with van der Waals surface area (Å²) in [6.07, 6.45) is 0. The van der Waals surface area contributed by atoms with E-state index < -0.39 is 6.04 Å². The van der Waals surface area contributed by atoms with Gasteiger partial charge in [-0.1, -0.05) is 41.6 Å². The maximum Gasteiger partial charge on any atom is 0.338 e. The van der Waals surface area contributed by atoms with Crippen molar-refractivity contribution in [2.45, 2.75) is 19.9 Å². The molecule has 9 heteroatoms. The minimum absolute atomic E-state index is 0.149. The van der Waals surface area contributed by atoms with Crippen LogP contribution < -0.4 is 10.6 Å². The van der Waals surface area contributed by atoms with Crippen LogP contribution in [0.5, 0.6) is 0 Å². The largest absolute Gasteiger partial charge is 0.463 e. The number of thiophene rings is 1. The third-order valence-electron chi connectivity index (χ3n) is 4.01. The normalized spacial score (nSPS) is 16.1. The first-order valence-electron chi connectivity index (χ1n) is 8.93. The number of anilines is 1. The van der Waals surface area contributed by atoms with E-state index >= 15 is 0 Å². The number of ether oxygens (including phenoxy) is 1. The van der Waals surface area contributed by atoms with E-state index in [2.05, 4.69) is 15.6 Å².